The van der Waals surface area contributed by atoms with Crippen molar-refractivity contribution in [3.63, 3.8) is 0 Å². The summed E-state index contributed by atoms with van der Waals surface area (Å²) in [5.74, 6) is 0.550. The molecule has 0 saturated carbocycles. The Morgan fingerprint density at radius 2 is 2.33 bits per heavy atom. The maximum atomic E-state index is 5.85. The van der Waals surface area contributed by atoms with E-state index in [9.17, 15) is 0 Å². The highest BCUT2D eigenvalue weighted by atomic mass is 14.7. The number of hydrogen-bond acceptors (Lipinski definition) is 1. The zero-order chi connectivity index (χ0) is 10.4. The molecule has 1 aliphatic rings. The molecule has 0 radical (unpaired) electrons. The van der Waals surface area contributed by atoms with Gasteiger partial charge in [-0.2, -0.15) is 0 Å². The third-order valence-corrected chi connectivity index (χ3v) is 3.60. The van der Waals surface area contributed by atoms with E-state index in [4.69, 9.17) is 5.73 Å². The van der Waals surface area contributed by atoms with Crippen LogP contribution < -0.4 is 5.73 Å². The lowest BCUT2D eigenvalue weighted by Gasteiger charge is -2.21. The Hall–Kier alpha value is -1.28. The van der Waals surface area contributed by atoms with Crippen LogP contribution >= 0.6 is 0 Å². The molecule has 78 valence electrons. The Labute approximate surface area is 89.5 Å². The van der Waals surface area contributed by atoms with Crippen molar-refractivity contribution in [2.24, 2.45) is 5.73 Å². The second-order valence-corrected chi connectivity index (χ2v) is 4.47. The summed E-state index contributed by atoms with van der Waals surface area (Å²) in [6, 6.07) is 6.54. The molecule has 0 spiro atoms. The van der Waals surface area contributed by atoms with E-state index in [0.717, 1.165) is 6.54 Å². The lowest BCUT2D eigenvalue weighted by Crippen LogP contribution is -2.17. The molecule has 0 fully saturated rings. The van der Waals surface area contributed by atoms with Crippen LogP contribution in [0.2, 0.25) is 0 Å². The summed E-state index contributed by atoms with van der Waals surface area (Å²) in [6.45, 7) is 2.93. The molecule has 1 atom stereocenters. The van der Waals surface area contributed by atoms with Crippen LogP contribution in [0.5, 0.6) is 0 Å². The molecular formula is C13H16N2. The number of benzene rings is 1. The molecular weight excluding hydrogens is 184 g/mol. The van der Waals surface area contributed by atoms with Crippen molar-refractivity contribution in [1.82, 2.24) is 4.98 Å². The lowest BCUT2D eigenvalue weighted by molar-refractivity contribution is 0.623. The van der Waals surface area contributed by atoms with Gasteiger partial charge in [-0.1, -0.05) is 12.1 Å². The number of H-pyrrole nitrogens is 1. The van der Waals surface area contributed by atoms with Crippen LogP contribution in [0.1, 0.15) is 29.2 Å². The molecule has 1 aromatic carbocycles. The maximum absolute atomic E-state index is 5.85. The largest absolute Gasteiger partial charge is 0.358 e. The predicted molar refractivity (Wildman–Crippen MR) is 63.2 cm³/mol. The van der Waals surface area contributed by atoms with Crippen molar-refractivity contribution < 1.29 is 0 Å². The Balaban J connectivity index is 2.38. The summed E-state index contributed by atoms with van der Waals surface area (Å²) in [5.41, 5.74) is 11.4. The van der Waals surface area contributed by atoms with Crippen LogP contribution in [-0.2, 0) is 6.42 Å². The standard InChI is InChI=1S/C13H16N2/c1-8-12-10(7-14)6-5-9-3-2-4-11(15-8)13(9)12/h2-4,10,15H,5-7,14H2,1H3. The molecule has 3 N–H and O–H groups in total. The molecule has 3 rings (SSSR count). The highest BCUT2D eigenvalue weighted by molar-refractivity contribution is 5.89. The van der Waals surface area contributed by atoms with Crippen LogP contribution in [0.15, 0.2) is 18.2 Å². The Bertz CT molecular complexity index is 510. The van der Waals surface area contributed by atoms with Crippen LogP contribution in [0.4, 0.5) is 0 Å². The summed E-state index contributed by atoms with van der Waals surface area (Å²) >= 11 is 0. The van der Waals surface area contributed by atoms with E-state index in [2.05, 4.69) is 30.1 Å². The Morgan fingerprint density at radius 1 is 1.47 bits per heavy atom. The number of aromatic amines is 1. The van der Waals surface area contributed by atoms with Crippen molar-refractivity contribution in [2.45, 2.75) is 25.7 Å². The zero-order valence-electron chi connectivity index (χ0n) is 9.01. The average Bonchev–Trinajstić information content (AvgIpc) is 2.59. The third kappa shape index (κ3) is 1.15. The highest BCUT2D eigenvalue weighted by Crippen LogP contribution is 2.38. The molecule has 0 amide bonds. The van der Waals surface area contributed by atoms with Gasteiger partial charge in [0, 0.05) is 16.6 Å². The second-order valence-electron chi connectivity index (χ2n) is 4.47. The molecule has 1 heterocycles. The minimum absolute atomic E-state index is 0.550. The van der Waals surface area contributed by atoms with Crippen LogP contribution in [0.25, 0.3) is 10.9 Å². The number of hydrogen-bond donors (Lipinski definition) is 2. The minimum Gasteiger partial charge on any atom is -0.358 e. The predicted octanol–water partition coefficient (Wildman–Crippen LogP) is 2.46. The van der Waals surface area contributed by atoms with Crippen molar-refractivity contribution in [1.29, 1.82) is 0 Å². The monoisotopic (exact) mass is 200 g/mol. The third-order valence-electron chi connectivity index (χ3n) is 3.60. The molecule has 2 aromatic rings. The second kappa shape index (κ2) is 3.11. The summed E-state index contributed by atoms with van der Waals surface area (Å²) < 4.78 is 0. The fourth-order valence-corrected chi connectivity index (χ4v) is 2.91. The van der Waals surface area contributed by atoms with Gasteiger partial charge >= 0.3 is 0 Å². The molecule has 1 aromatic heterocycles. The topological polar surface area (TPSA) is 41.8 Å². The van der Waals surface area contributed by atoms with E-state index in [1.54, 1.807) is 0 Å². The Morgan fingerprint density at radius 3 is 3.13 bits per heavy atom. The van der Waals surface area contributed by atoms with Gasteiger partial charge in [0.15, 0.2) is 0 Å². The normalized spacial score (nSPS) is 19.7. The van der Waals surface area contributed by atoms with E-state index in [0.29, 0.717) is 5.92 Å². The first-order chi connectivity index (χ1) is 7.31. The molecule has 0 aliphatic heterocycles. The number of rotatable bonds is 1. The Kier molecular flexibility index (Phi) is 1.86. The number of nitrogens with one attached hydrogen (secondary N) is 1. The quantitative estimate of drug-likeness (QED) is 0.729. The fourth-order valence-electron chi connectivity index (χ4n) is 2.91. The molecule has 15 heavy (non-hydrogen) atoms. The fraction of sp³-hybridized carbons (Fsp3) is 0.385. The number of aromatic nitrogens is 1. The number of aryl methyl sites for hydroxylation is 2. The SMILES string of the molecule is Cc1[nH]c2cccc3c2c1C(CN)CC3. The van der Waals surface area contributed by atoms with Gasteiger partial charge in [-0.05, 0) is 49.4 Å². The summed E-state index contributed by atoms with van der Waals surface area (Å²) in [4.78, 5) is 3.47. The van der Waals surface area contributed by atoms with Crippen molar-refractivity contribution in [2.75, 3.05) is 6.54 Å². The lowest BCUT2D eigenvalue weighted by atomic mass is 9.83. The first-order valence-electron chi connectivity index (χ1n) is 5.61. The zero-order valence-corrected chi connectivity index (χ0v) is 9.01. The molecule has 0 bridgehead atoms. The van der Waals surface area contributed by atoms with Gasteiger partial charge in [0.2, 0.25) is 0 Å². The molecule has 2 heteroatoms. The van der Waals surface area contributed by atoms with Gasteiger partial charge in [-0.25, -0.2) is 0 Å². The van der Waals surface area contributed by atoms with Crippen molar-refractivity contribution >= 4 is 10.9 Å². The minimum atomic E-state index is 0.550. The first-order valence-corrected chi connectivity index (χ1v) is 5.61. The van der Waals surface area contributed by atoms with Crippen molar-refractivity contribution in [3.05, 3.63) is 35.0 Å². The van der Waals surface area contributed by atoms with Crippen LogP contribution in [-0.4, -0.2) is 11.5 Å². The summed E-state index contributed by atoms with van der Waals surface area (Å²) in [5, 5.41) is 1.44. The smallest absolute Gasteiger partial charge is 0.0461 e. The van der Waals surface area contributed by atoms with Gasteiger partial charge in [0.25, 0.3) is 0 Å². The van der Waals surface area contributed by atoms with Crippen LogP contribution in [0, 0.1) is 6.92 Å². The molecule has 1 aliphatic carbocycles. The van der Waals surface area contributed by atoms with Gasteiger partial charge in [-0.3, -0.25) is 0 Å². The number of nitrogens with two attached hydrogens (primary N) is 1. The van der Waals surface area contributed by atoms with E-state index in [1.807, 2.05) is 0 Å². The average molecular weight is 200 g/mol. The van der Waals surface area contributed by atoms with Gasteiger partial charge in [0.1, 0.15) is 0 Å². The van der Waals surface area contributed by atoms with Crippen LogP contribution in [0.3, 0.4) is 0 Å². The first kappa shape index (κ1) is 8.98. The summed E-state index contributed by atoms with van der Waals surface area (Å²) in [7, 11) is 0. The van der Waals surface area contributed by atoms with Gasteiger partial charge < -0.3 is 10.7 Å². The molecule has 0 saturated heterocycles. The molecule has 1 unspecified atom stereocenters. The van der Waals surface area contributed by atoms with Crippen molar-refractivity contribution in [3.8, 4) is 0 Å². The highest BCUT2D eigenvalue weighted by Gasteiger charge is 2.23. The summed E-state index contributed by atoms with van der Waals surface area (Å²) in [6.07, 6.45) is 2.37. The van der Waals surface area contributed by atoms with Gasteiger partial charge in [-0.15, -0.1) is 0 Å². The van der Waals surface area contributed by atoms with E-state index >= 15 is 0 Å². The van der Waals surface area contributed by atoms with E-state index < -0.39 is 0 Å². The van der Waals surface area contributed by atoms with Gasteiger partial charge in [0.05, 0.1) is 0 Å². The molecule has 2 nitrogen and oxygen atoms in total. The maximum Gasteiger partial charge on any atom is 0.0461 e. The van der Waals surface area contributed by atoms with E-state index in [1.165, 1.54) is 40.6 Å². The van der Waals surface area contributed by atoms with E-state index in [-0.39, 0.29) is 0 Å².